The number of rotatable bonds is 5. The van der Waals surface area contributed by atoms with Gasteiger partial charge in [-0.15, -0.1) is 0 Å². The number of nitrogens with one attached hydrogen (secondary N) is 1. The molecule has 1 unspecified atom stereocenters. The third-order valence-electron chi connectivity index (χ3n) is 4.62. The number of halogens is 1. The minimum absolute atomic E-state index is 0.0581. The zero-order valence-corrected chi connectivity index (χ0v) is 15.4. The van der Waals surface area contributed by atoms with E-state index in [-0.39, 0.29) is 17.5 Å². The lowest BCUT2D eigenvalue weighted by atomic mass is 10.0. The van der Waals surface area contributed by atoms with Gasteiger partial charge in [-0.25, -0.2) is 0 Å². The Morgan fingerprint density at radius 3 is 2.65 bits per heavy atom. The molecule has 0 saturated carbocycles. The topological polar surface area (TPSA) is 63.6 Å². The fraction of sp³-hybridized carbons (Fsp3) is 0.368. The van der Waals surface area contributed by atoms with Crippen LogP contribution in [-0.2, 0) is 11.8 Å². The molecule has 6 nitrogen and oxygen atoms in total. The van der Waals surface area contributed by atoms with Crippen molar-refractivity contribution in [2.45, 2.75) is 6.04 Å². The minimum Gasteiger partial charge on any atom is -0.379 e. The summed E-state index contributed by atoms with van der Waals surface area (Å²) in [6, 6.07) is 12.3. The fourth-order valence-electron chi connectivity index (χ4n) is 3.14. The molecule has 1 N–H and O–H groups in total. The monoisotopic (exact) mass is 375 g/mol. The molecule has 1 aliphatic heterocycles. The van der Waals surface area contributed by atoms with Crippen molar-refractivity contribution in [3.63, 3.8) is 0 Å². The first-order valence-electron chi connectivity index (χ1n) is 8.58. The van der Waals surface area contributed by atoms with Crippen LogP contribution in [0.25, 0.3) is 0 Å². The van der Waals surface area contributed by atoms with Gasteiger partial charge < -0.3 is 14.6 Å². The molecule has 1 saturated heterocycles. The maximum atomic E-state index is 12.6. The van der Waals surface area contributed by atoms with Crippen molar-refractivity contribution in [2.75, 3.05) is 32.8 Å². The lowest BCUT2D eigenvalue weighted by Gasteiger charge is -2.35. The summed E-state index contributed by atoms with van der Waals surface area (Å²) >= 11 is 6.40. The van der Waals surface area contributed by atoms with Crippen molar-refractivity contribution in [1.82, 2.24) is 14.8 Å². The molecule has 2 aromatic rings. The number of ether oxygens (including phenoxy) is 1. The van der Waals surface area contributed by atoms with Gasteiger partial charge in [0.25, 0.3) is 11.5 Å². The number of hydrogen-bond donors (Lipinski definition) is 1. The van der Waals surface area contributed by atoms with E-state index in [1.54, 1.807) is 19.2 Å². The first-order chi connectivity index (χ1) is 12.6. The summed E-state index contributed by atoms with van der Waals surface area (Å²) in [7, 11) is 1.59. The number of pyridine rings is 1. The third kappa shape index (κ3) is 4.15. The highest BCUT2D eigenvalue weighted by Gasteiger charge is 2.25. The number of morpholine rings is 1. The van der Waals surface area contributed by atoms with Crippen LogP contribution in [0.2, 0.25) is 5.02 Å². The van der Waals surface area contributed by atoms with Crippen LogP contribution in [-0.4, -0.2) is 48.2 Å². The van der Waals surface area contributed by atoms with Gasteiger partial charge in [0.05, 0.1) is 19.3 Å². The van der Waals surface area contributed by atoms with Crippen LogP contribution >= 0.6 is 11.6 Å². The first-order valence-corrected chi connectivity index (χ1v) is 8.96. The maximum absolute atomic E-state index is 12.6. The van der Waals surface area contributed by atoms with E-state index >= 15 is 0 Å². The molecule has 138 valence electrons. The van der Waals surface area contributed by atoms with Crippen molar-refractivity contribution in [1.29, 1.82) is 0 Å². The van der Waals surface area contributed by atoms with E-state index in [1.165, 1.54) is 10.6 Å². The van der Waals surface area contributed by atoms with Gasteiger partial charge in [-0.3, -0.25) is 14.5 Å². The standard InChI is InChI=1S/C19H22ClN3O3/c1-22-16(7-4-8-18(22)24)19(25)21-13-17(23-9-11-26-12-10-23)14-5-2-3-6-15(14)20/h2-8,17H,9-13H2,1H3,(H,21,25). The molecule has 2 heterocycles. The molecule has 1 aromatic carbocycles. The maximum Gasteiger partial charge on any atom is 0.268 e. The van der Waals surface area contributed by atoms with Crippen LogP contribution in [0.5, 0.6) is 0 Å². The quantitative estimate of drug-likeness (QED) is 0.866. The molecule has 1 aromatic heterocycles. The van der Waals surface area contributed by atoms with Gasteiger partial charge in [-0.1, -0.05) is 35.9 Å². The highest BCUT2D eigenvalue weighted by molar-refractivity contribution is 6.31. The molecule has 1 aliphatic rings. The Hall–Kier alpha value is -2.15. The molecule has 0 spiro atoms. The number of amides is 1. The van der Waals surface area contributed by atoms with E-state index < -0.39 is 0 Å². The number of nitrogens with zero attached hydrogens (tertiary/aromatic N) is 2. The second-order valence-electron chi connectivity index (χ2n) is 6.20. The van der Waals surface area contributed by atoms with Crippen LogP contribution in [0, 0.1) is 0 Å². The molecule has 1 fully saturated rings. The average Bonchev–Trinajstić information content (AvgIpc) is 2.66. The summed E-state index contributed by atoms with van der Waals surface area (Å²) < 4.78 is 6.78. The molecular formula is C19H22ClN3O3. The van der Waals surface area contributed by atoms with E-state index in [9.17, 15) is 9.59 Å². The number of hydrogen-bond acceptors (Lipinski definition) is 4. The zero-order chi connectivity index (χ0) is 18.5. The summed E-state index contributed by atoms with van der Waals surface area (Å²) in [6.07, 6.45) is 0. The Bertz CT molecular complexity index is 831. The smallest absolute Gasteiger partial charge is 0.268 e. The first kappa shape index (κ1) is 18.6. The third-order valence-corrected chi connectivity index (χ3v) is 4.97. The summed E-state index contributed by atoms with van der Waals surface area (Å²) in [4.78, 5) is 26.6. The lowest BCUT2D eigenvalue weighted by molar-refractivity contribution is 0.0162. The Kier molecular flexibility index (Phi) is 6.08. The second-order valence-corrected chi connectivity index (χ2v) is 6.61. The van der Waals surface area contributed by atoms with E-state index in [4.69, 9.17) is 16.3 Å². The van der Waals surface area contributed by atoms with E-state index in [2.05, 4.69) is 10.2 Å². The molecule has 1 atom stereocenters. The predicted octanol–water partition coefficient (Wildman–Crippen LogP) is 1.84. The van der Waals surface area contributed by atoms with Crippen molar-refractivity contribution in [2.24, 2.45) is 7.05 Å². The Morgan fingerprint density at radius 2 is 1.92 bits per heavy atom. The predicted molar refractivity (Wildman–Crippen MR) is 101 cm³/mol. The zero-order valence-electron chi connectivity index (χ0n) is 14.7. The summed E-state index contributed by atoms with van der Waals surface area (Å²) in [5, 5.41) is 3.62. The molecule has 0 bridgehead atoms. The van der Waals surface area contributed by atoms with Gasteiger partial charge in [-0.2, -0.15) is 0 Å². The van der Waals surface area contributed by atoms with Gasteiger partial charge in [0, 0.05) is 37.8 Å². The van der Waals surface area contributed by atoms with Crippen LogP contribution in [0.4, 0.5) is 0 Å². The second kappa shape index (κ2) is 8.49. The largest absolute Gasteiger partial charge is 0.379 e. The highest BCUT2D eigenvalue weighted by atomic mass is 35.5. The summed E-state index contributed by atoms with van der Waals surface area (Å²) in [6.45, 7) is 3.25. The molecule has 3 rings (SSSR count). The SMILES string of the molecule is Cn1c(C(=O)NCC(c2ccccc2Cl)N2CCOCC2)cccc1=O. The van der Waals surface area contributed by atoms with Crippen molar-refractivity contribution in [3.8, 4) is 0 Å². The Balaban J connectivity index is 1.79. The van der Waals surface area contributed by atoms with E-state index in [0.717, 1.165) is 18.7 Å². The van der Waals surface area contributed by atoms with E-state index in [1.807, 2.05) is 24.3 Å². The van der Waals surface area contributed by atoms with Crippen LogP contribution < -0.4 is 10.9 Å². The van der Waals surface area contributed by atoms with Crippen LogP contribution in [0.15, 0.2) is 47.3 Å². The molecule has 7 heteroatoms. The van der Waals surface area contributed by atoms with Gasteiger partial charge in [0.15, 0.2) is 0 Å². The van der Waals surface area contributed by atoms with Gasteiger partial charge >= 0.3 is 0 Å². The van der Waals surface area contributed by atoms with Gasteiger partial charge in [0.1, 0.15) is 5.69 Å². The number of aromatic nitrogens is 1. The normalized spacial score (nSPS) is 16.2. The van der Waals surface area contributed by atoms with Crippen LogP contribution in [0.3, 0.4) is 0 Å². The van der Waals surface area contributed by atoms with Crippen molar-refractivity contribution in [3.05, 3.63) is 69.1 Å². The molecule has 26 heavy (non-hydrogen) atoms. The van der Waals surface area contributed by atoms with Gasteiger partial charge in [-0.05, 0) is 17.7 Å². The van der Waals surface area contributed by atoms with Crippen molar-refractivity contribution < 1.29 is 9.53 Å². The fourth-order valence-corrected chi connectivity index (χ4v) is 3.40. The lowest BCUT2D eigenvalue weighted by Crippen LogP contribution is -2.44. The highest BCUT2D eigenvalue weighted by Crippen LogP contribution is 2.27. The Labute approximate surface area is 157 Å². The van der Waals surface area contributed by atoms with Crippen molar-refractivity contribution >= 4 is 17.5 Å². The number of carbonyl (C=O) groups excluding carboxylic acids is 1. The van der Waals surface area contributed by atoms with E-state index in [0.29, 0.717) is 30.5 Å². The number of carbonyl (C=O) groups is 1. The Morgan fingerprint density at radius 1 is 1.19 bits per heavy atom. The molecule has 1 amide bonds. The van der Waals surface area contributed by atoms with Crippen LogP contribution in [0.1, 0.15) is 22.1 Å². The summed E-state index contributed by atoms with van der Waals surface area (Å²) in [5.41, 5.74) is 1.09. The number of benzene rings is 1. The molecule has 0 radical (unpaired) electrons. The summed E-state index contributed by atoms with van der Waals surface area (Å²) in [5.74, 6) is -0.282. The van der Waals surface area contributed by atoms with Gasteiger partial charge in [0.2, 0.25) is 0 Å². The molecule has 0 aliphatic carbocycles. The average molecular weight is 376 g/mol. The minimum atomic E-state index is -0.282. The molecular weight excluding hydrogens is 354 g/mol.